The summed E-state index contributed by atoms with van der Waals surface area (Å²) >= 11 is 0. The quantitative estimate of drug-likeness (QED) is 0.720. The molecule has 0 bridgehead atoms. The number of hydrogen-bond acceptors (Lipinski definition) is 5. The SMILES string of the molecule is CNS(=O)(=O)c1ccc(F)c(C(=O)Nc2ccc(OCC(=O)N(C)C)cc2)c1. The highest BCUT2D eigenvalue weighted by molar-refractivity contribution is 7.89. The zero-order valence-corrected chi connectivity index (χ0v) is 16.3. The van der Waals surface area contributed by atoms with Crippen LogP contribution in [-0.4, -0.2) is 52.9 Å². The van der Waals surface area contributed by atoms with Gasteiger partial charge in [-0.25, -0.2) is 17.5 Å². The van der Waals surface area contributed by atoms with E-state index in [1.165, 1.54) is 36.2 Å². The van der Waals surface area contributed by atoms with Gasteiger partial charge >= 0.3 is 0 Å². The van der Waals surface area contributed by atoms with Crippen LogP contribution in [0.3, 0.4) is 0 Å². The van der Waals surface area contributed by atoms with Crippen molar-refractivity contribution >= 4 is 27.5 Å². The smallest absolute Gasteiger partial charge is 0.259 e. The summed E-state index contributed by atoms with van der Waals surface area (Å²) in [7, 11) is 0.626. The third-order valence-corrected chi connectivity index (χ3v) is 5.15. The van der Waals surface area contributed by atoms with Crippen LogP contribution in [0.1, 0.15) is 10.4 Å². The molecule has 0 aliphatic rings. The number of hydrogen-bond donors (Lipinski definition) is 2. The van der Waals surface area contributed by atoms with E-state index in [9.17, 15) is 22.4 Å². The van der Waals surface area contributed by atoms with Crippen LogP contribution in [0.15, 0.2) is 47.4 Å². The van der Waals surface area contributed by atoms with Gasteiger partial charge < -0.3 is 15.0 Å². The molecule has 0 fully saturated rings. The molecule has 10 heteroatoms. The highest BCUT2D eigenvalue weighted by Gasteiger charge is 2.18. The fourth-order valence-corrected chi connectivity index (χ4v) is 2.83. The molecule has 0 atom stereocenters. The fourth-order valence-electron chi connectivity index (χ4n) is 2.07. The maximum Gasteiger partial charge on any atom is 0.259 e. The van der Waals surface area contributed by atoms with Gasteiger partial charge in [-0.2, -0.15) is 0 Å². The van der Waals surface area contributed by atoms with E-state index in [1.807, 2.05) is 0 Å². The summed E-state index contributed by atoms with van der Waals surface area (Å²) in [4.78, 5) is 25.0. The minimum Gasteiger partial charge on any atom is -0.484 e. The lowest BCUT2D eigenvalue weighted by molar-refractivity contribution is -0.130. The van der Waals surface area contributed by atoms with Crippen molar-refractivity contribution in [1.29, 1.82) is 0 Å². The molecule has 2 rings (SSSR count). The van der Waals surface area contributed by atoms with Gasteiger partial charge in [0.25, 0.3) is 11.8 Å². The van der Waals surface area contributed by atoms with Crippen LogP contribution in [0.2, 0.25) is 0 Å². The van der Waals surface area contributed by atoms with Crippen molar-refractivity contribution in [2.75, 3.05) is 33.1 Å². The third-order valence-electron chi connectivity index (χ3n) is 3.73. The van der Waals surface area contributed by atoms with E-state index in [-0.39, 0.29) is 17.4 Å². The molecule has 2 amide bonds. The van der Waals surface area contributed by atoms with Gasteiger partial charge in [-0.15, -0.1) is 0 Å². The van der Waals surface area contributed by atoms with Gasteiger partial charge in [0.05, 0.1) is 10.5 Å². The number of halogens is 1. The van der Waals surface area contributed by atoms with E-state index >= 15 is 0 Å². The lowest BCUT2D eigenvalue weighted by atomic mass is 10.2. The Kier molecular flexibility index (Phi) is 6.71. The summed E-state index contributed by atoms with van der Waals surface area (Å²) in [5, 5.41) is 2.48. The number of sulfonamides is 1. The second-order valence-electron chi connectivity index (χ2n) is 5.90. The number of likely N-dealkylation sites (N-methyl/N-ethyl adjacent to an activating group) is 1. The minimum absolute atomic E-state index is 0.128. The Morgan fingerprint density at radius 1 is 1.11 bits per heavy atom. The van der Waals surface area contributed by atoms with Crippen LogP contribution in [0.5, 0.6) is 5.75 Å². The maximum absolute atomic E-state index is 14.0. The van der Waals surface area contributed by atoms with Crippen molar-refractivity contribution in [3.05, 3.63) is 53.8 Å². The molecule has 0 saturated heterocycles. The summed E-state index contributed by atoms with van der Waals surface area (Å²) in [6, 6.07) is 9.05. The molecule has 150 valence electrons. The molecule has 28 heavy (non-hydrogen) atoms. The minimum atomic E-state index is -3.81. The first-order chi connectivity index (χ1) is 13.1. The van der Waals surface area contributed by atoms with Gasteiger partial charge in [-0.05, 0) is 49.5 Å². The monoisotopic (exact) mass is 409 g/mol. The number of amides is 2. The molecule has 0 heterocycles. The van der Waals surface area contributed by atoms with Crippen LogP contribution >= 0.6 is 0 Å². The second-order valence-corrected chi connectivity index (χ2v) is 7.79. The van der Waals surface area contributed by atoms with E-state index in [2.05, 4.69) is 10.0 Å². The lowest BCUT2D eigenvalue weighted by Gasteiger charge is -2.12. The number of nitrogens with one attached hydrogen (secondary N) is 2. The summed E-state index contributed by atoms with van der Waals surface area (Å²) in [6.07, 6.45) is 0. The Hall–Kier alpha value is -2.98. The summed E-state index contributed by atoms with van der Waals surface area (Å²) in [5.74, 6) is -1.44. The molecule has 2 aromatic rings. The van der Waals surface area contributed by atoms with Crippen LogP contribution in [-0.2, 0) is 14.8 Å². The molecular formula is C18H20FN3O5S. The molecular weight excluding hydrogens is 389 g/mol. The predicted octanol–water partition coefficient (Wildman–Crippen LogP) is 1.45. The molecule has 2 aromatic carbocycles. The molecule has 0 radical (unpaired) electrons. The Labute approximate surface area is 162 Å². The van der Waals surface area contributed by atoms with Gasteiger partial charge in [-0.3, -0.25) is 9.59 Å². The molecule has 0 aliphatic carbocycles. The first-order valence-corrected chi connectivity index (χ1v) is 9.60. The molecule has 2 N–H and O–H groups in total. The molecule has 0 spiro atoms. The largest absolute Gasteiger partial charge is 0.484 e. The van der Waals surface area contributed by atoms with Gasteiger partial charge in [0, 0.05) is 19.8 Å². The van der Waals surface area contributed by atoms with Gasteiger partial charge in [0.2, 0.25) is 10.0 Å². The van der Waals surface area contributed by atoms with Crippen LogP contribution in [0.25, 0.3) is 0 Å². The van der Waals surface area contributed by atoms with E-state index in [0.717, 1.165) is 18.2 Å². The number of carbonyl (C=O) groups excluding carboxylic acids is 2. The summed E-state index contributed by atoms with van der Waals surface area (Å²) < 4.78 is 45.1. The van der Waals surface area contributed by atoms with Crippen molar-refractivity contribution < 1.29 is 27.1 Å². The van der Waals surface area contributed by atoms with Gasteiger partial charge in [0.15, 0.2) is 6.61 Å². The fraction of sp³-hybridized carbons (Fsp3) is 0.222. The van der Waals surface area contributed by atoms with Gasteiger partial charge in [-0.1, -0.05) is 0 Å². The van der Waals surface area contributed by atoms with E-state index in [4.69, 9.17) is 4.74 Å². The molecule has 0 unspecified atom stereocenters. The van der Waals surface area contributed by atoms with Crippen molar-refractivity contribution in [1.82, 2.24) is 9.62 Å². The number of carbonyl (C=O) groups is 2. The zero-order chi connectivity index (χ0) is 20.9. The molecule has 0 saturated carbocycles. The predicted molar refractivity (Wildman–Crippen MR) is 101 cm³/mol. The number of rotatable bonds is 7. The van der Waals surface area contributed by atoms with Crippen molar-refractivity contribution in [3.8, 4) is 5.75 Å². The Bertz CT molecular complexity index is 975. The topological polar surface area (TPSA) is 105 Å². The lowest BCUT2D eigenvalue weighted by Crippen LogP contribution is -2.27. The standard InChI is InChI=1S/C18H20FN3O5S/c1-20-28(25,26)14-8-9-16(19)15(10-14)18(24)21-12-4-6-13(7-5-12)27-11-17(23)22(2)3/h4-10,20H,11H2,1-3H3,(H,21,24). The Morgan fingerprint density at radius 2 is 1.75 bits per heavy atom. The Balaban J connectivity index is 2.11. The number of nitrogens with zero attached hydrogens (tertiary/aromatic N) is 1. The third kappa shape index (κ3) is 5.27. The maximum atomic E-state index is 14.0. The normalized spacial score (nSPS) is 11.0. The highest BCUT2D eigenvalue weighted by Crippen LogP contribution is 2.19. The first kappa shape index (κ1) is 21.3. The molecule has 8 nitrogen and oxygen atoms in total. The van der Waals surface area contributed by atoms with Gasteiger partial charge in [0.1, 0.15) is 11.6 Å². The number of anilines is 1. The van der Waals surface area contributed by atoms with Crippen LogP contribution in [0.4, 0.5) is 10.1 Å². The highest BCUT2D eigenvalue weighted by atomic mass is 32.2. The van der Waals surface area contributed by atoms with Crippen molar-refractivity contribution in [2.45, 2.75) is 4.90 Å². The number of benzene rings is 2. The second kappa shape index (κ2) is 8.81. The van der Waals surface area contributed by atoms with E-state index in [1.54, 1.807) is 14.1 Å². The molecule has 0 aliphatic heterocycles. The Morgan fingerprint density at radius 3 is 2.32 bits per heavy atom. The summed E-state index contributed by atoms with van der Waals surface area (Å²) in [6.45, 7) is -0.128. The average Bonchev–Trinajstić information content (AvgIpc) is 2.67. The van der Waals surface area contributed by atoms with Crippen molar-refractivity contribution in [3.63, 3.8) is 0 Å². The molecule has 0 aromatic heterocycles. The first-order valence-electron chi connectivity index (χ1n) is 8.11. The van der Waals surface area contributed by atoms with E-state index in [0.29, 0.717) is 11.4 Å². The zero-order valence-electron chi connectivity index (χ0n) is 15.5. The van der Waals surface area contributed by atoms with Crippen molar-refractivity contribution in [2.24, 2.45) is 0 Å². The van der Waals surface area contributed by atoms with E-state index < -0.39 is 27.3 Å². The van der Waals surface area contributed by atoms with Crippen LogP contribution < -0.4 is 14.8 Å². The number of ether oxygens (including phenoxy) is 1. The average molecular weight is 409 g/mol. The summed E-state index contributed by atoms with van der Waals surface area (Å²) in [5.41, 5.74) is -0.0641. The van der Waals surface area contributed by atoms with Crippen LogP contribution in [0, 0.1) is 5.82 Å².